The van der Waals surface area contributed by atoms with Gasteiger partial charge >= 0.3 is 0 Å². The lowest BCUT2D eigenvalue weighted by Crippen LogP contribution is -2.41. The summed E-state index contributed by atoms with van der Waals surface area (Å²) in [7, 11) is 1.77. The van der Waals surface area contributed by atoms with Gasteiger partial charge in [-0.15, -0.1) is 0 Å². The molecule has 1 aliphatic heterocycles. The summed E-state index contributed by atoms with van der Waals surface area (Å²) in [5.74, 6) is -2.67. The van der Waals surface area contributed by atoms with Crippen LogP contribution in [0.1, 0.15) is 22.2 Å². The SMILES string of the molecule is Cn1cnc(C(Nc2ccc(NC(=O)CN3CCOCC3)cc2)C(=O)c2nocc2-c2ccc(F)c(F)c2)c1. The van der Waals surface area contributed by atoms with Gasteiger partial charge in [-0.25, -0.2) is 13.8 Å². The molecule has 1 unspecified atom stereocenters. The molecule has 2 aromatic heterocycles. The lowest BCUT2D eigenvalue weighted by atomic mass is 9.99. The number of hydrogen-bond acceptors (Lipinski definition) is 8. The molecule has 0 radical (unpaired) electrons. The Kier molecular flexibility index (Phi) is 7.75. The average molecular weight is 537 g/mol. The van der Waals surface area contributed by atoms with Crippen LogP contribution in [0.25, 0.3) is 11.1 Å². The maximum atomic E-state index is 13.9. The van der Waals surface area contributed by atoms with Gasteiger partial charge in [0.05, 0.1) is 37.3 Å². The molecule has 0 bridgehead atoms. The van der Waals surface area contributed by atoms with Gasteiger partial charge in [-0.1, -0.05) is 11.2 Å². The van der Waals surface area contributed by atoms with Crippen molar-refractivity contribution in [2.24, 2.45) is 7.05 Å². The van der Waals surface area contributed by atoms with Gasteiger partial charge in [0.1, 0.15) is 12.3 Å². The summed E-state index contributed by atoms with van der Waals surface area (Å²) in [6.07, 6.45) is 4.46. The molecule has 1 amide bonds. The number of aryl methyl sites for hydroxylation is 1. The molecule has 1 fully saturated rings. The molecule has 4 aromatic rings. The number of rotatable bonds is 9. The molecule has 10 nitrogen and oxygen atoms in total. The van der Waals surface area contributed by atoms with Gasteiger partial charge in [0.2, 0.25) is 11.7 Å². The van der Waals surface area contributed by atoms with E-state index in [9.17, 15) is 18.4 Å². The molecule has 2 aromatic carbocycles. The van der Waals surface area contributed by atoms with E-state index in [4.69, 9.17) is 9.26 Å². The Labute approximate surface area is 222 Å². The zero-order valence-corrected chi connectivity index (χ0v) is 21.1. The lowest BCUT2D eigenvalue weighted by Gasteiger charge is -2.25. The Morgan fingerprint density at radius 1 is 1.05 bits per heavy atom. The van der Waals surface area contributed by atoms with E-state index >= 15 is 0 Å². The number of morpholine rings is 1. The lowest BCUT2D eigenvalue weighted by molar-refractivity contribution is -0.118. The van der Waals surface area contributed by atoms with Crippen LogP contribution >= 0.6 is 0 Å². The molecule has 0 saturated carbocycles. The van der Waals surface area contributed by atoms with E-state index in [0.717, 1.165) is 12.1 Å². The third-order valence-electron chi connectivity index (χ3n) is 6.27. The van der Waals surface area contributed by atoms with Crippen LogP contribution < -0.4 is 10.6 Å². The summed E-state index contributed by atoms with van der Waals surface area (Å²) in [4.78, 5) is 32.5. The van der Waals surface area contributed by atoms with Gasteiger partial charge in [0.15, 0.2) is 17.3 Å². The van der Waals surface area contributed by atoms with Crippen LogP contribution in [0.3, 0.4) is 0 Å². The number of Topliss-reactive ketones (excluding diaryl/α,β-unsaturated/α-hetero) is 1. The van der Waals surface area contributed by atoms with Crippen molar-refractivity contribution in [2.45, 2.75) is 6.04 Å². The molecule has 12 heteroatoms. The summed E-state index contributed by atoms with van der Waals surface area (Å²) in [6, 6.07) is 9.23. The van der Waals surface area contributed by atoms with E-state index < -0.39 is 23.5 Å². The first-order valence-electron chi connectivity index (χ1n) is 12.3. The predicted octanol–water partition coefficient (Wildman–Crippen LogP) is 3.66. The smallest absolute Gasteiger partial charge is 0.238 e. The highest BCUT2D eigenvalue weighted by Gasteiger charge is 2.29. The quantitative estimate of drug-likeness (QED) is 0.312. The van der Waals surface area contributed by atoms with Crippen molar-refractivity contribution in [3.8, 4) is 11.1 Å². The molecular formula is C27H26F2N6O4. The number of carbonyl (C=O) groups is 2. The standard InChI is InChI=1S/C27H26F2N6O4/c1-34-13-23(30-16-34)26(27(37)25-20(15-39-33-25)17-2-7-21(28)22(29)12-17)32-19-5-3-18(4-6-19)31-24(36)14-35-8-10-38-11-9-35/h2-7,12-13,15-16,26,32H,8-11,14H2,1H3,(H,31,36). The molecule has 2 N–H and O–H groups in total. The number of carbonyl (C=O) groups excluding carboxylic acids is 2. The fourth-order valence-electron chi connectivity index (χ4n) is 4.25. The van der Waals surface area contributed by atoms with Gasteiger partial charge in [-0.05, 0) is 42.0 Å². The van der Waals surface area contributed by atoms with Crippen LogP contribution in [-0.2, 0) is 16.6 Å². The monoisotopic (exact) mass is 536 g/mol. The Balaban J connectivity index is 1.34. The fraction of sp³-hybridized carbons (Fsp3) is 0.259. The van der Waals surface area contributed by atoms with Crippen molar-refractivity contribution in [1.29, 1.82) is 0 Å². The van der Waals surface area contributed by atoms with E-state index in [2.05, 4.69) is 20.8 Å². The second kappa shape index (κ2) is 11.5. The third-order valence-corrected chi connectivity index (χ3v) is 6.27. The average Bonchev–Trinajstić information content (AvgIpc) is 3.59. The summed E-state index contributed by atoms with van der Waals surface area (Å²) < 4.78 is 39.4. The highest BCUT2D eigenvalue weighted by Crippen LogP contribution is 2.30. The van der Waals surface area contributed by atoms with E-state index in [-0.39, 0.29) is 29.3 Å². The van der Waals surface area contributed by atoms with E-state index in [1.807, 2.05) is 4.90 Å². The predicted molar refractivity (Wildman–Crippen MR) is 138 cm³/mol. The third kappa shape index (κ3) is 6.19. The number of imidazole rings is 1. The Morgan fingerprint density at radius 3 is 2.49 bits per heavy atom. The second-order valence-electron chi connectivity index (χ2n) is 9.13. The number of nitrogens with zero attached hydrogens (tertiary/aromatic N) is 4. The van der Waals surface area contributed by atoms with Gasteiger partial charge < -0.3 is 24.5 Å². The maximum Gasteiger partial charge on any atom is 0.238 e. The fourth-order valence-corrected chi connectivity index (χ4v) is 4.25. The van der Waals surface area contributed by atoms with Crippen LogP contribution in [0, 0.1) is 11.6 Å². The summed E-state index contributed by atoms with van der Waals surface area (Å²) in [5, 5.41) is 9.90. The number of aromatic nitrogens is 3. The van der Waals surface area contributed by atoms with Crippen molar-refractivity contribution in [1.82, 2.24) is 19.6 Å². The van der Waals surface area contributed by atoms with Gasteiger partial charge in [-0.2, -0.15) is 0 Å². The topological polar surface area (TPSA) is 115 Å². The first kappa shape index (κ1) is 26.2. The van der Waals surface area contributed by atoms with E-state index in [1.54, 1.807) is 48.4 Å². The number of amides is 1. The normalized spacial score (nSPS) is 14.6. The number of ketones is 1. The number of anilines is 2. The molecule has 5 rings (SSSR count). The minimum absolute atomic E-state index is 0.0591. The zero-order valence-electron chi connectivity index (χ0n) is 21.1. The van der Waals surface area contributed by atoms with Crippen molar-refractivity contribution >= 4 is 23.1 Å². The number of nitrogens with one attached hydrogen (secondary N) is 2. The highest BCUT2D eigenvalue weighted by molar-refractivity contribution is 6.05. The highest BCUT2D eigenvalue weighted by atomic mass is 19.2. The largest absolute Gasteiger partial charge is 0.379 e. The molecular weight excluding hydrogens is 510 g/mol. The Bertz CT molecular complexity index is 1460. The van der Waals surface area contributed by atoms with Crippen LogP contribution in [0.2, 0.25) is 0 Å². The van der Waals surface area contributed by atoms with Crippen LogP contribution in [-0.4, -0.2) is 64.1 Å². The molecule has 1 saturated heterocycles. The van der Waals surface area contributed by atoms with E-state index in [0.29, 0.717) is 43.4 Å². The van der Waals surface area contributed by atoms with Crippen LogP contribution in [0.4, 0.5) is 20.2 Å². The molecule has 1 atom stereocenters. The number of halogens is 2. The molecule has 0 spiro atoms. The Morgan fingerprint density at radius 2 is 1.79 bits per heavy atom. The first-order chi connectivity index (χ1) is 18.9. The van der Waals surface area contributed by atoms with Crippen molar-refractivity contribution in [3.63, 3.8) is 0 Å². The summed E-state index contributed by atoms with van der Waals surface area (Å²) in [5.41, 5.74) is 2.02. The first-order valence-corrected chi connectivity index (χ1v) is 12.3. The second-order valence-corrected chi connectivity index (χ2v) is 9.13. The molecule has 3 heterocycles. The number of benzene rings is 2. The van der Waals surface area contributed by atoms with E-state index in [1.165, 1.54) is 12.3 Å². The summed E-state index contributed by atoms with van der Waals surface area (Å²) in [6.45, 7) is 2.92. The Hall–Kier alpha value is -4.42. The van der Waals surface area contributed by atoms with Gasteiger partial charge in [0.25, 0.3) is 0 Å². The zero-order chi connectivity index (χ0) is 27.4. The van der Waals surface area contributed by atoms with Crippen molar-refractivity contribution in [3.05, 3.63) is 84.3 Å². The molecule has 202 valence electrons. The van der Waals surface area contributed by atoms with Gasteiger partial charge in [0, 0.05) is 37.7 Å². The molecule has 0 aliphatic carbocycles. The number of ether oxygens (including phenoxy) is 1. The number of hydrogen-bond donors (Lipinski definition) is 2. The molecule has 39 heavy (non-hydrogen) atoms. The molecule has 1 aliphatic rings. The maximum absolute atomic E-state index is 13.9. The van der Waals surface area contributed by atoms with Gasteiger partial charge in [-0.3, -0.25) is 14.5 Å². The van der Waals surface area contributed by atoms with Crippen molar-refractivity contribution < 1.29 is 27.6 Å². The van der Waals surface area contributed by atoms with Crippen molar-refractivity contribution in [2.75, 3.05) is 43.5 Å². The minimum Gasteiger partial charge on any atom is -0.379 e. The minimum atomic E-state index is -1.05. The summed E-state index contributed by atoms with van der Waals surface area (Å²) >= 11 is 0. The van der Waals surface area contributed by atoms with Crippen LogP contribution in [0.5, 0.6) is 0 Å². The van der Waals surface area contributed by atoms with Crippen LogP contribution in [0.15, 0.2) is 65.8 Å².